The van der Waals surface area contributed by atoms with E-state index in [-0.39, 0.29) is 22.3 Å². The number of sulfonamides is 1. The molecule has 2 aromatic carbocycles. The molecule has 0 spiro atoms. The summed E-state index contributed by atoms with van der Waals surface area (Å²) in [5, 5.41) is 20.7. The Balaban J connectivity index is 1.97. The van der Waals surface area contributed by atoms with Crippen molar-refractivity contribution in [1.29, 1.82) is 0 Å². The van der Waals surface area contributed by atoms with Crippen LogP contribution in [-0.4, -0.2) is 55.7 Å². The van der Waals surface area contributed by atoms with Crippen molar-refractivity contribution in [2.75, 3.05) is 25.0 Å². The van der Waals surface area contributed by atoms with E-state index in [9.17, 15) is 23.4 Å². The number of aromatic hydroxyl groups is 2. The zero-order chi connectivity index (χ0) is 22.1. The normalized spacial score (nSPS) is 16.6. The maximum atomic E-state index is 13.0. The quantitative estimate of drug-likeness (QED) is 0.503. The fraction of sp³-hybridized carbons (Fsp3) is 0.316. The van der Waals surface area contributed by atoms with Gasteiger partial charge in [-0.05, 0) is 43.2 Å². The lowest BCUT2D eigenvalue weighted by molar-refractivity contribution is 0.0628. The molecule has 1 fully saturated rings. The molecule has 11 heteroatoms. The maximum absolute atomic E-state index is 13.0. The lowest BCUT2D eigenvalue weighted by Gasteiger charge is -2.25. The first-order valence-electron chi connectivity index (χ1n) is 8.98. The van der Waals surface area contributed by atoms with E-state index in [1.165, 1.54) is 30.3 Å². The molecule has 3 N–H and O–H groups in total. The fourth-order valence-corrected chi connectivity index (χ4v) is 5.28. The third-order valence-corrected chi connectivity index (χ3v) is 6.86. The highest BCUT2D eigenvalue weighted by Crippen LogP contribution is 2.36. The Morgan fingerprint density at radius 2 is 2.07 bits per heavy atom. The molecule has 162 valence electrons. The molecule has 0 saturated carbocycles. The van der Waals surface area contributed by atoms with E-state index < -0.39 is 32.3 Å². The van der Waals surface area contributed by atoms with Crippen molar-refractivity contribution in [3.05, 3.63) is 45.4 Å². The van der Waals surface area contributed by atoms with Crippen LogP contribution in [0.25, 0.3) is 0 Å². The average molecular weight is 520 g/mol. The Labute approximate surface area is 187 Å². The van der Waals surface area contributed by atoms with Gasteiger partial charge in [0.15, 0.2) is 5.75 Å². The van der Waals surface area contributed by atoms with Crippen LogP contribution in [0.4, 0.5) is 5.69 Å². The minimum atomic E-state index is -4.28. The van der Waals surface area contributed by atoms with Crippen molar-refractivity contribution < 1.29 is 28.2 Å². The van der Waals surface area contributed by atoms with Gasteiger partial charge in [-0.15, -0.1) is 0 Å². The van der Waals surface area contributed by atoms with Crippen LogP contribution >= 0.6 is 27.5 Å². The molecule has 0 radical (unpaired) electrons. The molecular weight excluding hydrogens is 500 g/mol. The second-order valence-electron chi connectivity index (χ2n) is 6.82. The molecule has 30 heavy (non-hydrogen) atoms. The second kappa shape index (κ2) is 9.01. The fourth-order valence-electron chi connectivity index (χ4n) is 3.37. The third kappa shape index (κ3) is 4.66. The number of likely N-dealkylation sites (tertiary alicyclic amines) is 1. The molecule has 1 aliphatic rings. The van der Waals surface area contributed by atoms with Crippen LogP contribution in [0.2, 0.25) is 5.02 Å². The number of amides is 1. The van der Waals surface area contributed by atoms with Crippen molar-refractivity contribution >= 4 is 49.1 Å². The molecule has 1 saturated heterocycles. The van der Waals surface area contributed by atoms with Gasteiger partial charge in [-0.25, -0.2) is 8.42 Å². The van der Waals surface area contributed by atoms with E-state index in [2.05, 4.69) is 20.7 Å². The Morgan fingerprint density at radius 3 is 2.77 bits per heavy atom. The van der Waals surface area contributed by atoms with Crippen molar-refractivity contribution in [3.8, 4) is 11.5 Å². The predicted octanol–water partition coefficient (Wildman–Crippen LogP) is 3.57. The van der Waals surface area contributed by atoms with Crippen molar-refractivity contribution in [2.24, 2.45) is 0 Å². The third-order valence-electron chi connectivity index (χ3n) is 4.76. The molecule has 1 heterocycles. The molecule has 1 aliphatic heterocycles. The second-order valence-corrected chi connectivity index (χ2v) is 9.82. The van der Waals surface area contributed by atoms with Gasteiger partial charge in [0.25, 0.3) is 15.9 Å². The number of nitrogens with one attached hydrogen (secondary N) is 1. The molecular formula is C19H20BrClN2O6S. The van der Waals surface area contributed by atoms with Crippen LogP contribution in [-0.2, 0) is 14.8 Å². The zero-order valence-corrected chi connectivity index (χ0v) is 19.1. The number of rotatable bonds is 6. The number of ether oxygens (including phenoxy) is 1. The van der Waals surface area contributed by atoms with Gasteiger partial charge in [0.1, 0.15) is 10.6 Å². The van der Waals surface area contributed by atoms with Crippen LogP contribution in [0.3, 0.4) is 0 Å². The molecule has 1 atom stereocenters. The number of hydrogen-bond donors (Lipinski definition) is 3. The van der Waals surface area contributed by atoms with E-state index >= 15 is 0 Å². The Bertz CT molecular complexity index is 1080. The number of carbonyl (C=O) groups excluding carboxylic acids is 1. The maximum Gasteiger partial charge on any atom is 0.265 e. The highest BCUT2D eigenvalue weighted by molar-refractivity contribution is 9.10. The summed E-state index contributed by atoms with van der Waals surface area (Å²) >= 11 is 9.26. The van der Waals surface area contributed by atoms with Crippen LogP contribution < -0.4 is 4.72 Å². The van der Waals surface area contributed by atoms with E-state index in [1.807, 2.05) is 0 Å². The molecule has 3 rings (SSSR count). The molecule has 1 amide bonds. The summed E-state index contributed by atoms with van der Waals surface area (Å²) in [6, 6.07) is 6.25. The summed E-state index contributed by atoms with van der Waals surface area (Å²) in [4.78, 5) is 14.2. The van der Waals surface area contributed by atoms with Gasteiger partial charge >= 0.3 is 0 Å². The van der Waals surface area contributed by atoms with Gasteiger partial charge < -0.3 is 19.8 Å². The topological polar surface area (TPSA) is 116 Å². The van der Waals surface area contributed by atoms with Gasteiger partial charge in [0.2, 0.25) is 0 Å². The Kier molecular flexibility index (Phi) is 6.81. The Morgan fingerprint density at radius 1 is 1.33 bits per heavy atom. The highest BCUT2D eigenvalue weighted by atomic mass is 79.9. The zero-order valence-electron chi connectivity index (χ0n) is 15.9. The first-order valence-corrected chi connectivity index (χ1v) is 11.6. The SMILES string of the molecule is COC[C@H]1CCCN1C(=O)c1cc(Cl)cc(NS(=O)(=O)c2cc(Br)ccc2O)c1O. The Hall–Kier alpha value is -2.01. The molecule has 0 aromatic heterocycles. The number of methoxy groups -OCH3 is 1. The summed E-state index contributed by atoms with van der Waals surface area (Å²) in [5.41, 5.74) is -0.394. The molecule has 0 unspecified atom stereocenters. The average Bonchev–Trinajstić information content (AvgIpc) is 3.14. The number of anilines is 1. The number of benzene rings is 2. The number of phenols is 2. The molecule has 0 bridgehead atoms. The number of hydrogen-bond acceptors (Lipinski definition) is 6. The molecule has 8 nitrogen and oxygen atoms in total. The largest absolute Gasteiger partial charge is 0.507 e. The van der Waals surface area contributed by atoms with Gasteiger partial charge in [-0.2, -0.15) is 0 Å². The minimum absolute atomic E-state index is 0.0646. The van der Waals surface area contributed by atoms with Gasteiger partial charge in [-0.1, -0.05) is 27.5 Å². The van der Waals surface area contributed by atoms with Gasteiger partial charge in [0.05, 0.1) is 23.9 Å². The first-order chi connectivity index (χ1) is 14.1. The monoisotopic (exact) mass is 518 g/mol. The molecule has 0 aliphatic carbocycles. The predicted molar refractivity (Wildman–Crippen MR) is 116 cm³/mol. The molecule has 2 aromatic rings. The minimum Gasteiger partial charge on any atom is -0.507 e. The standard InChI is InChI=1S/C19H20BrClN2O6S/c1-29-10-13-3-2-6-23(13)19(26)14-8-12(21)9-15(18(14)25)22-30(27,28)17-7-11(20)4-5-16(17)24/h4-5,7-9,13,22,24-25H,2-3,6,10H2,1H3/t13-/m1/s1. The van der Waals surface area contributed by atoms with E-state index in [0.717, 1.165) is 12.8 Å². The van der Waals surface area contributed by atoms with Crippen LogP contribution in [0.15, 0.2) is 39.7 Å². The lowest BCUT2D eigenvalue weighted by atomic mass is 10.1. The van der Waals surface area contributed by atoms with Crippen molar-refractivity contribution in [1.82, 2.24) is 4.90 Å². The summed E-state index contributed by atoms with van der Waals surface area (Å²) in [6.07, 6.45) is 1.56. The first kappa shape index (κ1) is 22.7. The number of phenolic OH excluding ortho intramolecular Hbond substituents is 2. The summed E-state index contributed by atoms with van der Waals surface area (Å²) < 4.78 is 33.3. The number of halogens is 2. The van der Waals surface area contributed by atoms with Crippen LogP contribution in [0.5, 0.6) is 11.5 Å². The summed E-state index contributed by atoms with van der Waals surface area (Å²) in [7, 11) is -2.74. The van der Waals surface area contributed by atoms with E-state index in [1.54, 1.807) is 12.0 Å². The van der Waals surface area contributed by atoms with Gasteiger partial charge in [-0.3, -0.25) is 9.52 Å². The van der Waals surface area contributed by atoms with Crippen LogP contribution in [0.1, 0.15) is 23.2 Å². The van der Waals surface area contributed by atoms with E-state index in [4.69, 9.17) is 16.3 Å². The van der Waals surface area contributed by atoms with Crippen molar-refractivity contribution in [3.63, 3.8) is 0 Å². The smallest absolute Gasteiger partial charge is 0.265 e. The lowest BCUT2D eigenvalue weighted by Crippen LogP contribution is -2.38. The summed E-state index contributed by atoms with van der Waals surface area (Å²) in [5.74, 6) is -1.49. The van der Waals surface area contributed by atoms with E-state index in [0.29, 0.717) is 17.6 Å². The number of nitrogens with zero attached hydrogens (tertiary/aromatic N) is 1. The van der Waals surface area contributed by atoms with Gasteiger partial charge in [0, 0.05) is 23.1 Å². The van der Waals surface area contributed by atoms with Crippen LogP contribution in [0, 0.1) is 0 Å². The van der Waals surface area contributed by atoms with Crippen molar-refractivity contribution in [2.45, 2.75) is 23.8 Å². The number of carbonyl (C=O) groups is 1. The highest BCUT2D eigenvalue weighted by Gasteiger charge is 2.32. The summed E-state index contributed by atoms with van der Waals surface area (Å²) in [6.45, 7) is 0.848.